The second-order valence-corrected chi connectivity index (χ2v) is 10.4. The zero-order valence-corrected chi connectivity index (χ0v) is 20.1. The Morgan fingerprint density at radius 2 is 1.76 bits per heavy atom. The van der Waals surface area contributed by atoms with Crippen molar-refractivity contribution in [1.29, 1.82) is 0 Å². The fraction of sp³-hybridized carbons (Fsp3) is 0.500. The van der Waals surface area contributed by atoms with E-state index < -0.39 is 76.4 Å². The number of rotatable bonds is 2. The third-order valence-corrected chi connectivity index (χ3v) is 8.31. The Morgan fingerprint density at radius 3 is 2.30 bits per heavy atom. The number of fused-ring (bicyclic) bond motifs is 3. The number of hydrogen-bond donors (Lipinski definition) is 4. The topological polar surface area (TPSA) is 175 Å². The number of benzene rings is 1. The van der Waals surface area contributed by atoms with Crippen LogP contribution in [0.25, 0.3) is 0 Å². The van der Waals surface area contributed by atoms with E-state index in [0.29, 0.717) is 9.13 Å². The molecular formula is C22H23IN2O8. The van der Waals surface area contributed by atoms with Crippen LogP contribution >= 0.6 is 22.6 Å². The van der Waals surface area contributed by atoms with Gasteiger partial charge in [-0.25, -0.2) is 0 Å². The van der Waals surface area contributed by atoms with Crippen LogP contribution in [0.15, 0.2) is 12.1 Å². The Morgan fingerprint density at radius 1 is 1.15 bits per heavy atom. The minimum atomic E-state index is -2.98. The molecule has 11 heteroatoms. The minimum Gasteiger partial charge on any atom is -0.506 e. The first-order chi connectivity index (χ1) is 15.3. The number of carbonyl (C=O) groups is 5. The summed E-state index contributed by atoms with van der Waals surface area (Å²) in [6, 6.07) is 1.84. The van der Waals surface area contributed by atoms with Gasteiger partial charge in [0.1, 0.15) is 5.75 Å². The molecule has 8 atom stereocenters. The van der Waals surface area contributed by atoms with E-state index in [4.69, 9.17) is 5.73 Å². The van der Waals surface area contributed by atoms with Gasteiger partial charge in [-0.1, -0.05) is 13.0 Å². The van der Waals surface area contributed by atoms with Gasteiger partial charge in [-0.2, -0.15) is 0 Å². The number of nitrogens with zero attached hydrogens (tertiary/aromatic N) is 1. The Balaban J connectivity index is 1.97. The number of halogens is 1. The van der Waals surface area contributed by atoms with E-state index >= 15 is 0 Å². The molecule has 4 rings (SSSR count). The smallest absolute Gasteiger partial charge is 0.235 e. The van der Waals surface area contributed by atoms with Gasteiger partial charge in [0.15, 0.2) is 34.7 Å². The average Bonchev–Trinajstić information content (AvgIpc) is 2.72. The van der Waals surface area contributed by atoms with Crippen molar-refractivity contribution in [2.45, 2.75) is 30.6 Å². The number of phenols is 1. The van der Waals surface area contributed by atoms with Crippen LogP contribution in [0.3, 0.4) is 0 Å². The molecule has 1 aromatic carbocycles. The molecule has 5 N–H and O–H groups in total. The number of likely N-dealkylation sites (N-methyl/N-ethyl adjacent to an activating group) is 1. The quantitative estimate of drug-likeness (QED) is 0.257. The SMILES string of the molecule is C[C@@H]1c2ccc(I)c(O)c2C(=O)C2C(=O)[C@@]3(O)C(=O)C(C(N)=O)C(=O)[C@H](N(C)C)[C@H]3[C@H](O)[C@H]21. The summed E-state index contributed by atoms with van der Waals surface area (Å²) in [7, 11) is 2.90. The molecule has 0 aliphatic heterocycles. The number of aliphatic hydroxyl groups excluding tert-OH is 1. The Labute approximate surface area is 202 Å². The van der Waals surface area contributed by atoms with Crippen molar-refractivity contribution in [3.8, 4) is 5.75 Å². The van der Waals surface area contributed by atoms with E-state index in [-0.39, 0.29) is 11.3 Å². The van der Waals surface area contributed by atoms with Crippen LogP contribution in [-0.2, 0) is 19.2 Å². The zero-order chi connectivity index (χ0) is 24.7. The van der Waals surface area contributed by atoms with Gasteiger partial charge in [-0.05, 0) is 54.2 Å². The first kappa shape index (κ1) is 23.9. The summed E-state index contributed by atoms with van der Waals surface area (Å²) in [6.07, 6.45) is -1.62. The van der Waals surface area contributed by atoms with Crippen molar-refractivity contribution in [3.63, 3.8) is 0 Å². The molecule has 33 heavy (non-hydrogen) atoms. The molecular weight excluding hydrogens is 547 g/mol. The molecule has 3 aliphatic rings. The number of primary amides is 1. The van der Waals surface area contributed by atoms with Crippen molar-refractivity contribution in [1.82, 2.24) is 4.90 Å². The van der Waals surface area contributed by atoms with E-state index in [1.165, 1.54) is 19.0 Å². The maximum atomic E-state index is 13.7. The lowest BCUT2D eigenvalue weighted by Crippen LogP contribution is -2.77. The lowest BCUT2D eigenvalue weighted by molar-refractivity contribution is -0.196. The predicted octanol–water partition coefficient (Wildman–Crippen LogP) is -0.997. The van der Waals surface area contributed by atoms with Gasteiger partial charge in [0.05, 0.1) is 33.1 Å². The molecule has 176 valence electrons. The monoisotopic (exact) mass is 570 g/mol. The van der Waals surface area contributed by atoms with Crippen LogP contribution in [0.5, 0.6) is 5.75 Å². The fourth-order valence-corrected chi connectivity index (χ4v) is 6.41. The molecule has 0 aromatic heterocycles. The van der Waals surface area contributed by atoms with Gasteiger partial charge in [0.25, 0.3) is 0 Å². The molecule has 10 nitrogen and oxygen atoms in total. The molecule has 2 fully saturated rings. The molecule has 2 unspecified atom stereocenters. The van der Waals surface area contributed by atoms with Gasteiger partial charge >= 0.3 is 0 Å². The minimum absolute atomic E-state index is 0.104. The number of hydrogen-bond acceptors (Lipinski definition) is 9. The van der Waals surface area contributed by atoms with Crippen LogP contribution in [0.2, 0.25) is 0 Å². The summed E-state index contributed by atoms with van der Waals surface area (Å²) in [5.41, 5.74) is 2.60. The summed E-state index contributed by atoms with van der Waals surface area (Å²) in [6.45, 7) is 1.67. The summed E-state index contributed by atoms with van der Waals surface area (Å²) >= 11 is 1.83. The van der Waals surface area contributed by atoms with Crippen LogP contribution in [-0.4, -0.2) is 81.1 Å². The average molecular weight is 570 g/mol. The first-order valence-electron chi connectivity index (χ1n) is 10.3. The highest BCUT2D eigenvalue weighted by molar-refractivity contribution is 14.1. The van der Waals surface area contributed by atoms with Gasteiger partial charge in [0.2, 0.25) is 5.91 Å². The maximum absolute atomic E-state index is 13.7. The molecule has 2 saturated carbocycles. The first-order valence-corrected chi connectivity index (χ1v) is 11.4. The molecule has 0 bridgehead atoms. The molecule has 3 aliphatic carbocycles. The molecule has 0 saturated heterocycles. The number of carbonyl (C=O) groups excluding carboxylic acids is 5. The number of amides is 1. The van der Waals surface area contributed by atoms with Gasteiger partial charge in [0, 0.05) is 5.92 Å². The van der Waals surface area contributed by atoms with Crippen molar-refractivity contribution in [2.75, 3.05) is 14.1 Å². The Kier molecular flexibility index (Phi) is 5.55. The number of phenolic OH excluding ortho intramolecular Hbond substituents is 1. The number of ketones is 4. The summed E-state index contributed by atoms with van der Waals surface area (Å²) in [5, 5.41) is 33.5. The summed E-state index contributed by atoms with van der Waals surface area (Å²) in [4.78, 5) is 66.7. The molecule has 0 spiro atoms. The normalized spacial score (nSPS) is 38.1. The number of aliphatic hydroxyl groups is 2. The van der Waals surface area contributed by atoms with Crippen molar-refractivity contribution in [3.05, 3.63) is 26.8 Å². The lowest BCUT2D eigenvalue weighted by Gasteiger charge is -2.56. The van der Waals surface area contributed by atoms with Gasteiger partial charge in [-0.15, -0.1) is 0 Å². The fourth-order valence-electron chi connectivity index (χ4n) is 5.96. The van der Waals surface area contributed by atoms with Crippen LogP contribution in [0.4, 0.5) is 0 Å². The van der Waals surface area contributed by atoms with E-state index in [2.05, 4.69) is 0 Å². The number of aromatic hydroxyl groups is 1. The Bertz CT molecular complexity index is 1130. The molecule has 1 amide bonds. The molecule has 0 radical (unpaired) electrons. The highest BCUT2D eigenvalue weighted by atomic mass is 127. The second kappa shape index (κ2) is 7.65. The van der Waals surface area contributed by atoms with Crippen molar-refractivity contribution >= 4 is 51.6 Å². The molecule has 0 heterocycles. The van der Waals surface area contributed by atoms with Crippen LogP contribution < -0.4 is 5.73 Å². The van der Waals surface area contributed by atoms with E-state index in [1.54, 1.807) is 19.1 Å². The highest BCUT2D eigenvalue weighted by Crippen LogP contribution is 2.54. The third kappa shape index (κ3) is 2.92. The van der Waals surface area contributed by atoms with Crippen LogP contribution in [0, 0.1) is 27.2 Å². The van der Waals surface area contributed by atoms with E-state index in [0.717, 1.165) is 0 Å². The van der Waals surface area contributed by atoms with Crippen molar-refractivity contribution in [2.24, 2.45) is 29.4 Å². The van der Waals surface area contributed by atoms with Crippen LogP contribution in [0.1, 0.15) is 28.8 Å². The van der Waals surface area contributed by atoms with E-state index in [1.807, 2.05) is 22.6 Å². The van der Waals surface area contributed by atoms with Gasteiger partial charge < -0.3 is 21.1 Å². The molecule has 1 aromatic rings. The third-order valence-electron chi connectivity index (χ3n) is 7.44. The summed E-state index contributed by atoms with van der Waals surface area (Å²) < 4.78 is 0.367. The highest BCUT2D eigenvalue weighted by Gasteiger charge is 2.72. The second-order valence-electron chi connectivity index (χ2n) is 9.23. The Hall–Kier alpha value is -2.22. The maximum Gasteiger partial charge on any atom is 0.235 e. The summed E-state index contributed by atoms with van der Waals surface area (Å²) in [5.74, 6) is -13.1. The zero-order valence-electron chi connectivity index (χ0n) is 18.0. The van der Waals surface area contributed by atoms with Gasteiger partial charge in [-0.3, -0.25) is 28.9 Å². The lowest BCUT2D eigenvalue weighted by atomic mass is 9.49. The standard InChI is InChI=1S/C22H23IN2O8/c1-6-7-4-5-8(23)15(26)10(7)16(27)11-9(6)17(28)13-14(25(2)3)18(29)12(21(24)32)20(31)22(13,33)19(11)30/h4-6,9,11-14,17,26,28,33H,1-3H3,(H2,24,32)/t6-,9+,11?,12?,13+,14-,17-,22-/m1/s1. The number of nitrogens with two attached hydrogens (primary N) is 1. The largest absolute Gasteiger partial charge is 0.506 e. The number of Topliss-reactive ketones (excluding diaryl/α,β-unsaturated/α-hetero) is 4. The van der Waals surface area contributed by atoms with Crippen molar-refractivity contribution < 1.29 is 39.3 Å². The predicted molar refractivity (Wildman–Crippen MR) is 120 cm³/mol. The van der Waals surface area contributed by atoms with E-state index in [9.17, 15) is 39.3 Å².